The molecule has 0 radical (unpaired) electrons. The van der Waals surface area contributed by atoms with Crippen LogP contribution in [0.15, 0.2) is 54.6 Å². The molecular weight excluding hydrogens is 214 g/mol. The van der Waals surface area contributed by atoms with E-state index in [1.807, 2.05) is 42.5 Å². The van der Waals surface area contributed by atoms with E-state index in [0.717, 1.165) is 5.56 Å². The van der Waals surface area contributed by atoms with Crippen molar-refractivity contribution in [2.45, 2.75) is 6.61 Å². The molecule has 0 fully saturated rings. The van der Waals surface area contributed by atoms with Crippen molar-refractivity contribution in [3.05, 3.63) is 60.2 Å². The first-order chi connectivity index (χ1) is 8.24. The topological polar surface area (TPSA) is 87.3 Å². The molecular formula is C13H17N3O. The van der Waals surface area contributed by atoms with Gasteiger partial charge in [-0.05, 0) is 17.7 Å². The predicted molar refractivity (Wildman–Crippen MR) is 70.7 cm³/mol. The zero-order valence-electron chi connectivity index (χ0n) is 9.54. The third-order valence-electron chi connectivity index (χ3n) is 2.09. The summed E-state index contributed by atoms with van der Waals surface area (Å²) in [6.07, 6.45) is 0. The summed E-state index contributed by atoms with van der Waals surface area (Å²) in [7, 11) is 0. The van der Waals surface area contributed by atoms with E-state index in [-0.39, 0.29) is 0 Å². The summed E-state index contributed by atoms with van der Waals surface area (Å²) >= 11 is 0. The van der Waals surface area contributed by atoms with Crippen molar-refractivity contribution in [2.75, 3.05) is 11.5 Å². The maximum atomic E-state index is 5.39. The molecule has 6 N–H and O–H groups in total. The van der Waals surface area contributed by atoms with Crippen LogP contribution in [0.2, 0.25) is 0 Å². The van der Waals surface area contributed by atoms with Crippen molar-refractivity contribution in [2.24, 2.45) is 5.90 Å². The van der Waals surface area contributed by atoms with Gasteiger partial charge in [-0.15, -0.1) is 0 Å². The Hall–Kier alpha value is -2.04. The first-order valence-electron chi connectivity index (χ1n) is 5.19. The maximum Gasteiger partial charge on any atom is 0.0930 e. The fourth-order valence-electron chi connectivity index (χ4n) is 1.18. The van der Waals surface area contributed by atoms with Crippen molar-refractivity contribution < 1.29 is 4.84 Å². The van der Waals surface area contributed by atoms with Crippen LogP contribution in [0.4, 0.5) is 11.4 Å². The minimum absolute atomic E-state index is 0.487. The summed E-state index contributed by atoms with van der Waals surface area (Å²) in [6, 6.07) is 17.0. The highest BCUT2D eigenvalue weighted by atomic mass is 16.6. The van der Waals surface area contributed by atoms with E-state index in [1.54, 1.807) is 12.1 Å². The number of hydrogen-bond donors (Lipinski definition) is 3. The molecule has 4 nitrogen and oxygen atoms in total. The van der Waals surface area contributed by atoms with Gasteiger partial charge in [0.1, 0.15) is 0 Å². The summed E-state index contributed by atoms with van der Waals surface area (Å²) < 4.78 is 0. The Bertz CT molecular complexity index is 411. The lowest BCUT2D eigenvalue weighted by Crippen LogP contribution is -1.97. The van der Waals surface area contributed by atoms with Gasteiger partial charge in [-0.1, -0.05) is 42.5 Å². The van der Waals surface area contributed by atoms with Crippen molar-refractivity contribution in [3.63, 3.8) is 0 Å². The zero-order valence-corrected chi connectivity index (χ0v) is 9.54. The van der Waals surface area contributed by atoms with E-state index in [0.29, 0.717) is 18.0 Å². The van der Waals surface area contributed by atoms with Gasteiger partial charge in [0.15, 0.2) is 0 Å². The van der Waals surface area contributed by atoms with Crippen LogP contribution in [0.3, 0.4) is 0 Å². The molecule has 2 rings (SSSR count). The Labute approximate surface area is 101 Å². The Morgan fingerprint density at radius 3 is 1.65 bits per heavy atom. The van der Waals surface area contributed by atoms with Gasteiger partial charge in [-0.25, -0.2) is 5.90 Å². The summed E-state index contributed by atoms with van der Waals surface area (Å²) in [4.78, 5) is 4.43. The lowest BCUT2D eigenvalue weighted by atomic mass is 10.2. The van der Waals surface area contributed by atoms with Gasteiger partial charge in [0.2, 0.25) is 0 Å². The van der Waals surface area contributed by atoms with Crippen LogP contribution in [-0.2, 0) is 11.4 Å². The first-order valence-corrected chi connectivity index (χ1v) is 5.19. The second-order valence-electron chi connectivity index (χ2n) is 3.43. The molecule has 0 aliphatic rings. The van der Waals surface area contributed by atoms with Crippen molar-refractivity contribution in [1.82, 2.24) is 0 Å². The highest BCUT2D eigenvalue weighted by molar-refractivity contribution is 5.62. The number of rotatable bonds is 2. The quantitative estimate of drug-likeness (QED) is 0.544. The molecule has 2 aromatic rings. The molecule has 0 unspecified atom stereocenters. The zero-order chi connectivity index (χ0) is 12.5. The van der Waals surface area contributed by atoms with Gasteiger partial charge in [0, 0.05) is 0 Å². The molecule has 0 saturated carbocycles. The van der Waals surface area contributed by atoms with Gasteiger partial charge in [-0.3, -0.25) is 4.84 Å². The fraction of sp³-hybridized carbons (Fsp3) is 0.0769. The molecule has 4 heteroatoms. The molecule has 0 heterocycles. The Kier molecular flexibility index (Phi) is 5.57. The molecule has 17 heavy (non-hydrogen) atoms. The van der Waals surface area contributed by atoms with Gasteiger partial charge < -0.3 is 11.5 Å². The van der Waals surface area contributed by atoms with Gasteiger partial charge in [0.25, 0.3) is 0 Å². The minimum atomic E-state index is 0.487. The molecule has 90 valence electrons. The number of anilines is 2. The van der Waals surface area contributed by atoms with Crippen LogP contribution in [0.5, 0.6) is 0 Å². The molecule has 0 aromatic heterocycles. The number of hydrogen-bond acceptors (Lipinski definition) is 4. The van der Waals surface area contributed by atoms with E-state index in [4.69, 9.17) is 17.4 Å². The third-order valence-corrected chi connectivity index (χ3v) is 2.09. The summed E-state index contributed by atoms with van der Waals surface area (Å²) in [5.74, 6) is 4.86. The van der Waals surface area contributed by atoms with E-state index < -0.39 is 0 Å². The second kappa shape index (κ2) is 7.27. The van der Waals surface area contributed by atoms with E-state index in [9.17, 15) is 0 Å². The highest BCUT2D eigenvalue weighted by Crippen LogP contribution is 2.10. The van der Waals surface area contributed by atoms with Crippen LogP contribution in [0.25, 0.3) is 0 Å². The third kappa shape index (κ3) is 5.01. The lowest BCUT2D eigenvalue weighted by molar-refractivity contribution is 0.124. The molecule has 2 aromatic carbocycles. The molecule has 0 atom stereocenters. The van der Waals surface area contributed by atoms with Crippen LogP contribution in [0, 0.1) is 0 Å². The van der Waals surface area contributed by atoms with Gasteiger partial charge in [0.05, 0.1) is 18.0 Å². The van der Waals surface area contributed by atoms with E-state index >= 15 is 0 Å². The largest absolute Gasteiger partial charge is 0.397 e. The maximum absolute atomic E-state index is 5.39. The predicted octanol–water partition coefficient (Wildman–Crippen LogP) is 1.93. The van der Waals surface area contributed by atoms with Crippen molar-refractivity contribution >= 4 is 11.4 Å². The molecule has 0 saturated heterocycles. The van der Waals surface area contributed by atoms with Gasteiger partial charge >= 0.3 is 0 Å². The van der Waals surface area contributed by atoms with Gasteiger partial charge in [-0.2, -0.15) is 0 Å². The van der Waals surface area contributed by atoms with E-state index in [1.165, 1.54) is 0 Å². The van der Waals surface area contributed by atoms with Crippen LogP contribution in [-0.4, -0.2) is 0 Å². The fourth-order valence-corrected chi connectivity index (χ4v) is 1.18. The minimum Gasteiger partial charge on any atom is -0.397 e. The number of nitrogens with two attached hydrogens (primary N) is 3. The van der Waals surface area contributed by atoms with Crippen molar-refractivity contribution in [3.8, 4) is 0 Å². The molecule has 0 bridgehead atoms. The number of nitrogen functional groups attached to an aromatic ring is 2. The molecule has 0 aliphatic heterocycles. The second-order valence-corrected chi connectivity index (χ2v) is 3.43. The average molecular weight is 231 g/mol. The first kappa shape index (κ1) is 13.0. The van der Waals surface area contributed by atoms with Crippen LogP contribution in [0.1, 0.15) is 5.56 Å². The Morgan fingerprint density at radius 2 is 1.24 bits per heavy atom. The van der Waals surface area contributed by atoms with Crippen LogP contribution < -0.4 is 17.4 Å². The standard InChI is InChI=1S/C7H9NO.C6H8N2/c8-9-6-7-4-2-1-3-5-7;7-5-3-1-2-4-6(5)8/h1-5H,6,8H2;1-4H,7-8H2. The molecule has 0 spiro atoms. The Balaban J connectivity index is 0.000000171. The summed E-state index contributed by atoms with van der Waals surface area (Å²) in [5, 5.41) is 0. The van der Waals surface area contributed by atoms with Crippen LogP contribution >= 0.6 is 0 Å². The highest BCUT2D eigenvalue weighted by Gasteiger charge is 1.85. The normalized spacial score (nSPS) is 9.24. The summed E-state index contributed by atoms with van der Waals surface area (Å²) in [6.45, 7) is 0.487. The lowest BCUT2D eigenvalue weighted by Gasteiger charge is -1.94. The molecule has 0 aliphatic carbocycles. The smallest absolute Gasteiger partial charge is 0.0930 e. The SMILES string of the molecule is NOCc1ccccc1.Nc1ccccc1N. The van der Waals surface area contributed by atoms with Crippen molar-refractivity contribution in [1.29, 1.82) is 0 Å². The monoisotopic (exact) mass is 231 g/mol. The number of para-hydroxylation sites is 2. The van der Waals surface area contributed by atoms with E-state index in [2.05, 4.69) is 4.84 Å². The average Bonchev–Trinajstić information content (AvgIpc) is 2.36. The number of benzene rings is 2. The molecule has 0 amide bonds. The summed E-state index contributed by atoms with van der Waals surface area (Å²) in [5.41, 5.74) is 13.2. The Morgan fingerprint density at radius 1 is 0.765 bits per heavy atom.